The van der Waals surface area contributed by atoms with Gasteiger partial charge in [-0.3, -0.25) is 4.57 Å². The predicted octanol–water partition coefficient (Wildman–Crippen LogP) is 1.53. The molecule has 20 heavy (non-hydrogen) atoms. The Hall–Kier alpha value is -1.76. The summed E-state index contributed by atoms with van der Waals surface area (Å²) in [5.41, 5.74) is 7.19. The molecule has 6 nitrogen and oxygen atoms in total. The largest absolute Gasteiger partial charge is 0.495 e. The third-order valence-electron chi connectivity index (χ3n) is 2.96. The Morgan fingerprint density at radius 3 is 2.65 bits per heavy atom. The van der Waals surface area contributed by atoms with Crippen molar-refractivity contribution in [1.82, 2.24) is 9.55 Å². The SMILES string of the molecule is COc1cc(OC)c(-n2cncc2C(N)CO)cc1Cl. The van der Waals surface area contributed by atoms with Crippen molar-refractivity contribution in [3.8, 4) is 17.2 Å². The lowest BCUT2D eigenvalue weighted by Gasteiger charge is -2.16. The molecule has 2 rings (SSSR count). The maximum Gasteiger partial charge on any atom is 0.146 e. The Bertz CT molecular complexity index is 601. The van der Waals surface area contributed by atoms with Gasteiger partial charge in [0.1, 0.15) is 11.5 Å². The molecule has 7 heteroatoms. The van der Waals surface area contributed by atoms with E-state index in [9.17, 15) is 5.11 Å². The fraction of sp³-hybridized carbons (Fsp3) is 0.308. The molecule has 0 amide bonds. The minimum Gasteiger partial charge on any atom is -0.495 e. The van der Waals surface area contributed by atoms with Gasteiger partial charge in [-0.2, -0.15) is 0 Å². The molecule has 0 aliphatic carbocycles. The fourth-order valence-electron chi connectivity index (χ4n) is 1.91. The van der Waals surface area contributed by atoms with Gasteiger partial charge in [0, 0.05) is 6.07 Å². The van der Waals surface area contributed by atoms with Crippen LogP contribution in [0.1, 0.15) is 11.7 Å². The average Bonchev–Trinajstić information content (AvgIpc) is 2.95. The Kier molecular flexibility index (Phi) is 4.49. The summed E-state index contributed by atoms with van der Waals surface area (Å²) >= 11 is 6.15. The van der Waals surface area contributed by atoms with Crippen molar-refractivity contribution < 1.29 is 14.6 Å². The van der Waals surface area contributed by atoms with Crippen molar-refractivity contribution >= 4 is 11.6 Å². The van der Waals surface area contributed by atoms with Crippen LogP contribution in [0.4, 0.5) is 0 Å². The zero-order valence-electron chi connectivity index (χ0n) is 11.2. The summed E-state index contributed by atoms with van der Waals surface area (Å²) in [5, 5.41) is 9.64. The third-order valence-corrected chi connectivity index (χ3v) is 3.25. The topological polar surface area (TPSA) is 82.5 Å². The van der Waals surface area contributed by atoms with Gasteiger partial charge in [-0.25, -0.2) is 4.98 Å². The molecule has 0 bridgehead atoms. The Balaban J connectivity index is 2.58. The molecule has 0 spiro atoms. The molecule has 0 aliphatic heterocycles. The van der Waals surface area contributed by atoms with Crippen LogP contribution < -0.4 is 15.2 Å². The molecule has 3 N–H and O–H groups in total. The second-order valence-electron chi connectivity index (χ2n) is 4.14. The fourth-order valence-corrected chi connectivity index (χ4v) is 2.14. The van der Waals surface area contributed by atoms with E-state index in [1.807, 2.05) is 0 Å². The van der Waals surface area contributed by atoms with Crippen molar-refractivity contribution in [3.05, 3.63) is 35.4 Å². The van der Waals surface area contributed by atoms with Gasteiger partial charge < -0.3 is 20.3 Å². The van der Waals surface area contributed by atoms with Gasteiger partial charge in [0.15, 0.2) is 0 Å². The molecule has 1 unspecified atom stereocenters. The predicted molar refractivity (Wildman–Crippen MR) is 75.7 cm³/mol. The minimum absolute atomic E-state index is 0.183. The number of aliphatic hydroxyl groups excluding tert-OH is 1. The lowest BCUT2D eigenvalue weighted by Crippen LogP contribution is -2.18. The Morgan fingerprint density at radius 2 is 2.05 bits per heavy atom. The van der Waals surface area contributed by atoms with Gasteiger partial charge in [-0.15, -0.1) is 0 Å². The number of halogens is 1. The van der Waals surface area contributed by atoms with Crippen molar-refractivity contribution in [2.75, 3.05) is 20.8 Å². The number of aliphatic hydroxyl groups is 1. The zero-order valence-corrected chi connectivity index (χ0v) is 12.0. The highest BCUT2D eigenvalue weighted by molar-refractivity contribution is 6.32. The van der Waals surface area contributed by atoms with Crippen LogP contribution in [-0.4, -0.2) is 35.5 Å². The number of hydrogen-bond acceptors (Lipinski definition) is 5. The molecule has 2 aromatic rings. The van der Waals surface area contributed by atoms with Crippen LogP contribution >= 0.6 is 11.6 Å². The van der Waals surface area contributed by atoms with Gasteiger partial charge in [0.05, 0.1) is 55.8 Å². The van der Waals surface area contributed by atoms with E-state index in [0.717, 1.165) is 0 Å². The molecule has 0 saturated heterocycles. The molecular formula is C13H16ClN3O3. The Labute approximate surface area is 121 Å². The van der Waals surface area contributed by atoms with Crippen LogP contribution in [0.5, 0.6) is 11.5 Å². The van der Waals surface area contributed by atoms with E-state index in [4.69, 9.17) is 26.8 Å². The van der Waals surface area contributed by atoms with Crippen LogP contribution in [-0.2, 0) is 0 Å². The second kappa shape index (κ2) is 6.13. The minimum atomic E-state index is -0.539. The maximum absolute atomic E-state index is 9.20. The molecule has 108 valence electrons. The number of benzene rings is 1. The molecular weight excluding hydrogens is 282 g/mol. The van der Waals surface area contributed by atoms with Crippen LogP contribution in [0.25, 0.3) is 5.69 Å². The number of rotatable bonds is 5. The van der Waals surface area contributed by atoms with E-state index in [1.54, 1.807) is 36.3 Å². The van der Waals surface area contributed by atoms with E-state index >= 15 is 0 Å². The molecule has 0 fully saturated rings. The molecule has 1 atom stereocenters. The first-order valence-electron chi connectivity index (χ1n) is 5.93. The summed E-state index contributed by atoms with van der Waals surface area (Å²) in [4.78, 5) is 4.06. The smallest absolute Gasteiger partial charge is 0.146 e. The summed E-state index contributed by atoms with van der Waals surface area (Å²) in [5.74, 6) is 1.08. The molecule has 0 saturated carbocycles. The monoisotopic (exact) mass is 297 g/mol. The Morgan fingerprint density at radius 1 is 1.35 bits per heavy atom. The quantitative estimate of drug-likeness (QED) is 0.874. The maximum atomic E-state index is 9.20. The number of hydrogen-bond donors (Lipinski definition) is 2. The lowest BCUT2D eigenvalue weighted by molar-refractivity contribution is 0.264. The normalized spacial score (nSPS) is 12.2. The number of nitrogens with zero attached hydrogens (tertiary/aromatic N) is 2. The van der Waals surface area contributed by atoms with Crippen molar-refractivity contribution in [2.45, 2.75) is 6.04 Å². The highest BCUT2D eigenvalue weighted by Gasteiger charge is 2.17. The van der Waals surface area contributed by atoms with E-state index < -0.39 is 6.04 Å². The van der Waals surface area contributed by atoms with Gasteiger partial charge in [-0.1, -0.05) is 11.6 Å². The van der Waals surface area contributed by atoms with Crippen LogP contribution in [0.15, 0.2) is 24.7 Å². The van der Waals surface area contributed by atoms with Gasteiger partial charge >= 0.3 is 0 Å². The van der Waals surface area contributed by atoms with Crippen molar-refractivity contribution in [2.24, 2.45) is 5.73 Å². The summed E-state index contributed by atoms with van der Waals surface area (Å²) in [6, 6.07) is 2.85. The van der Waals surface area contributed by atoms with Crippen LogP contribution in [0.3, 0.4) is 0 Å². The zero-order chi connectivity index (χ0) is 14.7. The number of aromatic nitrogens is 2. The van der Waals surface area contributed by atoms with E-state index in [2.05, 4.69) is 4.98 Å². The highest BCUT2D eigenvalue weighted by atomic mass is 35.5. The van der Waals surface area contributed by atoms with Crippen LogP contribution in [0, 0.1) is 0 Å². The number of imidazole rings is 1. The standard InChI is InChI=1S/C13H16ClN3O3/c1-19-12-4-13(20-2)10(3-8(12)14)17-7-16-5-11(17)9(15)6-18/h3-5,7,9,18H,6,15H2,1-2H3. The van der Waals surface area contributed by atoms with E-state index in [0.29, 0.717) is 27.9 Å². The molecule has 0 aliphatic rings. The summed E-state index contributed by atoms with van der Waals surface area (Å²) in [6.07, 6.45) is 3.18. The van der Waals surface area contributed by atoms with E-state index in [-0.39, 0.29) is 6.61 Å². The van der Waals surface area contributed by atoms with E-state index in [1.165, 1.54) is 7.11 Å². The molecule has 0 radical (unpaired) electrons. The first-order valence-corrected chi connectivity index (χ1v) is 6.30. The third kappa shape index (κ3) is 2.58. The number of nitrogens with two attached hydrogens (primary N) is 1. The van der Waals surface area contributed by atoms with Gasteiger partial charge in [0.2, 0.25) is 0 Å². The average molecular weight is 298 g/mol. The summed E-state index contributed by atoms with van der Waals surface area (Å²) in [7, 11) is 3.08. The molecule has 1 heterocycles. The number of ether oxygens (including phenoxy) is 2. The summed E-state index contributed by atoms with van der Waals surface area (Å²) < 4.78 is 12.2. The lowest BCUT2D eigenvalue weighted by atomic mass is 10.2. The molecule has 1 aromatic carbocycles. The number of methoxy groups -OCH3 is 2. The van der Waals surface area contributed by atoms with Gasteiger partial charge in [0.25, 0.3) is 0 Å². The second-order valence-corrected chi connectivity index (χ2v) is 4.54. The van der Waals surface area contributed by atoms with Crippen molar-refractivity contribution in [3.63, 3.8) is 0 Å². The summed E-state index contributed by atoms with van der Waals surface area (Å²) in [6.45, 7) is -0.183. The first-order chi connectivity index (χ1) is 9.62. The van der Waals surface area contributed by atoms with Crippen LogP contribution in [0.2, 0.25) is 5.02 Å². The highest BCUT2D eigenvalue weighted by Crippen LogP contribution is 2.35. The molecule has 1 aromatic heterocycles. The van der Waals surface area contributed by atoms with Gasteiger partial charge in [-0.05, 0) is 6.07 Å². The first kappa shape index (κ1) is 14.6. The van der Waals surface area contributed by atoms with Crippen molar-refractivity contribution in [1.29, 1.82) is 0 Å².